The van der Waals surface area contributed by atoms with E-state index in [0.717, 1.165) is 0 Å². The van der Waals surface area contributed by atoms with Crippen molar-refractivity contribution < 1.29 is 5.11 Å². The van der Waals surface area contributed by atoms with Gasteiger partial charge in [0.1, 0.15) is 12.2 Å². The molecule has 156 valence electrons. The Hall–Kier alpha value is -2.32. The van der Waals surface area contributed by atoms with E-state index >= 15 is 0 Å². The number of rotatable bonds is 4. The van der Waals surface area contributed by atoms with Gasteiger partial charge in [-0.05, 0) is 44.0 Å². The van der Waals surface area contributed by atoms with Gasteiger partial charge in [0.15, 0.2) is 0 Å². The van der Waals surface area contributed by atoms with Crippen LogP contribution in [-0.2, 0) is 6.67 Å². The highest BCUT2D eigenvalue weighted by atomic mass is 35.5. The molecule has 2 N–H and O–H groups in total. The van der Waals surface area contributed by atoms with E-state index in [1.54, 1.807) is 35.0 Å². The van der Waals surface area contributed by atoms with Gasteiger partial charge in [0, 0.05) is 33.8 Å². The molecule has 0 saturated heterocycles. The van der Waals surface area contributed by atoms with Crippen molar-refractivity contribution in [3.8, 4) is 11.4 Å². The Morgan fingerprint density at radius 3 is 2.77 bits per heavy atom. The zero-order valence-electron chi connectivity index (χ0n) is 16.5. The summed E-state index contributed by atoms with van der Waals surface area (Å²) in [6.45, 7) is 4.40. The standard InChI is InChI=1S/C21H21Cl2N5O2/c1-21(2)14(8-18(29)13-4-3-12(22)7-15(13)23)20-27-17(16-5-6-24-10-25-16)9-19(30)28(20)11-26-21/h3-7,9-10,14,18,26,29H,8,11H2,1-2H3. The first kappa shape index (κ1) is 20.9. The SMILES string of the molecule is CC1(C)NCn2c(nc(-c3ccncn3)cc2=O)C1CC(O)c1ccc(Cl)cc1Cl. The lowest BCUT2D eigenvalue weighted by Crippen LogP contribution is -2.53. The summed E-state index contributed by atoms with van der Waals surface area (Å²) in [4.78, 5) is 25.7. The number of hydrogen-bond donors (Lipinski definition) is 2. The third kappa shape index (κ3) is 3.98. The van der Waals surface area contributed by atoms with Crippen molar-refractivity contribution in [2.45, 2.75) is 44.5 Å². The van der Waals surface area contributed by atoms with Gasteiger partial charge >= 0.3 is 0 Å². The van der Waals surface area contributed by atoms with E-state index in [9.17, 15) is 9.90 Å². The van der Waals surface area contributed by atoms with E-state index in [1.165, 1.54) is 12.4 Å². The second-order valence-electron chi connectivity index (χ2n) is 7.89. The zero-order valence-corrected chi connectivity index (χ0v) is 18.0. The Labute approximate surface area is 183 Å². The zero-order chi connectivity index (χ0) is 21.5. The van der Waals surface area contributed by atoms with Crippen LogP contribution in [0.15, 0.2) is 47.7 Å². The third-order valence-electron chi connectivity index (χ3n) is 5.54. The van der Waals surface area contributed by atoms with Crippen molar-refractivity contribution >= 4 is 23.2 Å². The molecule has 2 unspecified atom stereocenters. The van der Waals surface area contributed by atoms with Gasteiger partial charge in [0.25, 0.3) is 5.56 Å². The highest BCUT2D eigenvalue weighted by molar-refractivity contribution is 6.35. The van der Waals surface area contributed by atoms with E-state index in [2.05, 4.69) is 15.3 Å². The molecule has 7 nitrogen and oxygen atoms in total. The molecule has 2 aromatic heterocycles. The smallest absolute Gasteiger partial charge is 0.255 e. The van der Waals surface area contributed by atoms with Crippen LogP contribution in [0.4, 0.5) is 0 Å². The van der Waals surface area contributed by atoms with Crippen LogP contribution in [0, 0.1) is 0 Å². The van der Waals surface area contributed by atoms with Crippen LogP contribution in [0.25, 0.3) is 11.4 Å². The molecular formula is C21H21Cl2N5O2. The average Bonchev–Trinajstić information content (AvgIpc) is 2.70. The van der Waals surface area contributed by atoms with E-state index in [0.29, 0.717) is 45.9 Å². The first-order valence-electron chi connectivity index (χ1n) is 9.52. The minimum atomic E-state index is -0.855. The molecule has 9 heteroatoms. The maximum Gasteiger partial charge on any atom is 0.255 e. The van der Waals surface area contributed by atoms with Gasteiger partial charge in [-0.2, -0.15) is 0 Å². The van der Waals surface area contributed by atoms with Gasteiger partial charge < -0.3 is 5.11 Å². The Morgan fingerprint density at radius 2 is 2.07 bits per heavy atom. The van der Waals surface area contributed by atoms with Gasteiger partial charge in [-0.3, -0.25) is 14.7 Å². The lowest BCUT2D eigenvalue weighted by atomic mass is 9.80. The number of nitrogens with one attached hydrogen (secondary N) is 1. The summed E-state index contributed by atoms with van der Waals surface area (Å²) in [5.74, 6) is 0.339. The normalized spacial score (nSPS) is 18.6. The molecule has 4 rings (SSSR count). The van der Waals surface area contributed by atoms with Crippen molar-refractivity contribution in [1.82, 2.24) is 24.8 Å². The quantitative estimate of drug-likeness (QED) is 0.637. The molecule has 1 aromatic carbocycles. The lowest BCUT2D eigenvalue weighted by Gasteiger charge is -2.41. The van der Waals surface area contributed by atoms with Crippen molar-refractivity contribution in [1.29, 1.82) is 0 Å². The van der Waals surface area contributed by atoms with Gasteiger partial charge in [-0.25, -0.2) is 15.0 Å². The fraction of sp³-hybridized carbons (Fsp3) is 0.333. The Kier molecular flexibility index (Phi) is 5.63. The van der Waals surface area contributed by atoms with Gasteiger partial charge in [0.2, 0.25) is 0 Å². The van der Waals surface area contributed by atoms with Crippen molar-refractivity contribution in [2.75, 3.05) is 0 Å². The maximum absolute atomic E-state index is 12.8. The number of nitrogens with zero attached hydrogens (tertiary/aromatic N) is 4. The molecule has 0 fully saturated rings. The van der Waals surface area contributed by atoms with E-state index in [-0.39, 0.29) is 11.5 Å². The second-order valence-corrected chi connectivity index (χ2v) is 8.73. The Balaban J connectivity index is 1.76. The molecule has 0 radical (unpaired) electrons. The first-order valence-corrected chi connectivity index (χ1v) is 10.3. The summed E-state index contributed by atoms with van der Waals surface area (Å²) in [5, 5.41) is 15.2. The molecule has 30 heavy (non-hydrogen) atoms. The first-order chi connectivity index (χ1) is 14.3. The minimum Gasteiger partial charge on any atom is -0.388 e. The maximum atomic E-state index is 12.8. The van der Waals surface area contributed by atoms with E-state index < -0.39 is 11.6 Å². The molecule has 2 atom stereocenters. The topological polar surface area (TPSA) is 92.9 Å². The van der Waals surface area contributed by atoms with E-state index in [4.69, 9.17) is 28.2 Å². The molecular weight excluding hydrogens is 425 g/mol. The van der Waals surface area contributed by atoms with Crippen molar-refractivity contribution in [2.24, 2.45) is 0 Å². The third-order valence-corrected chi connectivity index (χ3v) is 6.10. The number of aliphatic hydroxyl groups is 1. The van der Waals surface area contributed by atoms with Gasteiger partial charge in [-0.15, -0.1) is 0 Å². The van der Waals surface area contributed by atoms with Crippen LogP contribution in [0.2, 0.25) is 10.0 Å². The number of aliphatic hydroxyl groups excluding tert-OH is 1. The summed E-state index contributed by atoms with van der Waals surface area (Å²) >= 11 is 12.3. The van der Waals surface area contributed by atoms with Crippen LogP contribution >= 0.6 is 23.2 Å². The van der Waals surface area contributed by atoms with Crippen molar-refractivity contribution in [3.63, 3.8) is 0 Å². The fourth-order valence-corrected chi connectivity index (χ4v) is 4.31. The van der Waals surface area contributed by atoms with Gasteiger partial charge in [0.05, 0.1) is 24.2 Å². The van der Waals surface area contributed by atoms with Crippen molar-refractivity contribution in [3.05, 3.63) is 74.6 Å². The number of fused-ring (bicyclic) bond motifs is 1. The number of halogens is 2. The molecule has 0 spiro atoms. The molecule has 1 aliphatic heterocycles. The minimum absolute atomic E-state index is 0.180. The summed E-state index contributed by atoms with van der Waals surface area (Å²) in [5.41, 5.74) is 1.05. The van der Waals surface area contributed by atoms with Crippen LogP contribution < -0.4 is 10.9 Å². The van der Waals surface area contributed by atoms with Crippen LogP contribution in [-0.4, -0.2) is 30.2 Å². The monoisotopic (exact) mass is 445 g/mol. The highest BCUT2D eigenvalue weighted by Crippen LogP contribution is 2.39. The summed E-state index contributed by atoms with van der Waals surface area (Å²) in [6.07, 6.45) is 2.49. The number of benzene rings is 1. The number of aromatic nitrogens is 4. The molecule has 3 heterocycles. The van der Waals surface area contributed by atoms with Crippen LogP contribution in [0.5, 0.6) is 0 Å². The van der Waals surface area contributed by atoms with E-state index in [1.807, 2.05) is 13.8 Å². The molecule has 0 saturated carbocycles. The molecule has 0 bridgehead atoms. The lowest BCUT2D eigenvalue weighted by molar-refractivity contribution is 0.119. The Morgan fingerprint density at radius 1 is 1.27 bits per heavy atom. The summed E-state index contributed by atoms with van der Waals surface area (Å²) < 4.78 is 1.59. The Bertz CT molecular complexity index is 1130. The largest absolute Gasteiger partial charge is 0.388 e. The van der Waals surface area contributed by atoms with Crippen LogP contribution in [0.1, 0.15) is 43.7 Å². The van der Waals surface area contributed by atoms with Crippen LogP contribution in [0.3, 0.4) is 0 Å². The predicted octanol–water partition coefficient (Wildman–Crippen LogP) is 3.55. The average molecular weight is 446 g/mol. The second kappa shape index (κ2) is 8.07. The molecule has 1 aliphatic rings. The summed E-state index contributed by atoms with van der Waals surface area (Å²) in [7, 11) is 0. The van der Waals surface area contributed by atoms with Gasteiger partial charge in [-0.1, -0.05) is 29.3 Å². The summed E-state index contributed by atoms with van der Waals surface area (Å²) in [6, 6.07) is 8.20. The highest BCUT2D eigenvalue weighted by Gasteiger charge is 2.39. The predicted molar refractivity (Wildman–Crippen MR) is 116 cm³/mol. The molecule has 0 amide bonds. The fourth-order valence-electron chi connectivity index (χ4n) is 3.77. The number of hydrogen-bond acceptors (Lipinski definition) is 6. The molecule has 0 aliphatic carbocycles. The molecule has 3 aromatic rings.